The Balaban J connectivity index is 1.49. The lowest BCUT2D eigenvalue weighted by molar-refractivity contribution is 0.0529. The molecule has 1 aromatic rings. The second-order valence-electron chi connectivity index (χ2n) is 8.47. The number of hydrogen-bond acceptors (Lipinski definition) is 5. The monoisotopic (exact) mass is 379 g/mol. The van der Waals surface area contributed by atoms with E-state index in [2.05, 4.69) is 40.7 Å². The van der Waals surface area contributed by atoms with Gasteiger partial charge in [-0.15, -0.1) is 11.3 Å². The molecule has 0 spiro atoms. The first kappa shape index (κ1) is 20.3. The molecule has 1 aromatic heterocycles. The zero-order chi connectivity index (χ0) is 18.4. The minimum absolute atomic E-state index is 0.301. The summed E-state index contributed by atoms with van der Waals surface area (Å²) in [6.45, 7) is 14.2. The molecule has 2 saturated heterocycles. The lowest BCUT2D eigenvalue weighted by Crippen LogP contribution is -2.53. The minimum atomic E-state index is 0.301. The van der Waals surface area contributed by atoms with Crippen LogP contribution >= 0.6 is 11.3 Å². The summed E-state index contributed by atoms with van der Waals surface area (Å²) in [5.41, 5.74) is 0. The quantitative estimate of drug-likeness (QED) is 0.713. The van der Waals surface area contributed by atoms with Gasteiger partial charge >= 0.3 is 0 Å². The van der Waals surface area contributed by atoms with Gasteiger partial charge in [-0.3, -0.25) is 14.7 Å². The summed E-state index contributed by atoms with van der Waals surface area (Å²) in [5.74, 6) is 0.753. The molecule has 1 atom stereocenters. The molecule has 2 aliphatic heterocycles. The Morgan fingerprint density at radius 1 is 1.04 bits per heavy atom. The normalized spacial score (nSPS) is 23.3. The molecule has 2 fully saturated rings. The van der Waals surface area contributed by atoms with E-state index < -0.39 is 0 Å². The van der Waals surface area contributed by atoms with Crippen LogP contribution in [0.3, 0.4) is 0 Å². The molecule has 26 heavy (non-hydrogen) atoms. The van der Waals surface area contributed by atoms with E-state index in [1.54, 1.807) is 0 Å². The second-order valence-corrected chi connectivity index (χ2v) is 9.72. The van der Waals surface area contributed by atoms with Crippen LogP contribution in [0.4, 0.5) is 0 Å². The molecule has 0 saturated carbocycles. The molecule has 0 amide bonds. The molecule has 0 radical (unpaired) electrons. The van der Waals surface area contributed by atoms with Crippen LogP contribution in [0.15, 0.2) is 12.1 Å². The number of likely N-dealkylation sites (tertiary alicyclic amines) is 1. The number of aliphatic hydroxyl groups excluding tert-OH is 1. The summed E-state index contributed by atoms with van der Waals surface area (Å²) < 4.78 is 0. The maximum atomic E-state index is 9.48. The van der Waals surface area contributed by atoms with Gasteiger partial charge in [0, 0.05) is 55.1 Å². The fraction of sp³-hybridized carbons (Fsp3) is 0.810. The third kappa shape index (κ3) is 6.03. The maximum absolute atomic E-state index is 9.48. The highest BCUT2D eigenvalue weighted by Crippen LogP contribution is 2.23. The van der Waals surface area contributed by atoms with Gasteiger partial charge in [0.15, 0.2) is 0 Å². The summed E-state index contributed by atoms with van der Waals surface area (Å²) in [6, 6.07) is 5.18. The summed E-state index contributed by atoms with van der Waals surface area (Å²) in [4.78, 5) is 10.8. The second kappa shape index (κ2) is 10.2. The fourth-order valence-electron chi connectivity index (χ4n) is 4.22. The highest BCUT2D eigenvalue weighted by atomic mass is 32.1. The lowest BCUT2D eigenvalue weighted by Gasteiger charge is -2.41. The average molecular weight is 380 g/mol. The Hall–Kier alpha value is -0.460. The van der Waals surface area contributed by atoms with Gasteiger partial charge in [0.2, 0.25) is 0 Å². The minimum Gasteiger partial charge on any atom is -0.396 e. The van der Waals surface area contributed by atoms with Crippen LogP contribution in [0, 0.1) is 5.92 Å². The summed E-state index contributed by atoms with van der Waals surface area (Å²) >= 11 is 2.00. The Morgan fingerprint density at radius 3 is 2.38 bits per heavy atom. The van der Waals surface area contributed by atoms with Crippen LogP contribution in [-0.2, 0) is 13.1 Å². The highest BCUT2D eigenvalue weighted by molar-refractivity contribution is 7.11. The van der Waals surface area contributed by atoms with E-state index in [4.69, 9.17) is 0 Å². The fourth-order valence-corrected chi connectivity index (χ4v) is 5.32. The smallest absolute Gasteiger partial charge is 0.0446 e. The van der Waals surface area contributed by atoms with E-state index in [1.807, 2.05) is 11.3 Å². The molecular weight excluding hydrogens is 342 g/mol. The largest absolute Gasteiger partial charge is 0.396 e. The van der Waals surface area contributed by atoms with Crippen LogP contribution in [0.2, 0.25) is 0 Å². The van der Waals surface area contributed by atoms with Gasteiger partial charge in [-0.1, -0.05) is 13.8 Å². The van der Waals surface area contributed by atoms with Gasteiger partial charge < -0.3 is 5.11 Å². The molecule has 3 heterocycles. The third-order valence-electron chi connectivity index (χ3n) is 5.82. The first-order valence-corrected chi connectivity index (χ1v) is 11.3. The van der Waals surface area contributed by atoms with Crippen molar-refractivity contribution in [1.82, 2.24) is 14.7 Å². The van der Waals surface area contributed by atoms with Gasteiger partial charge in [-0.2, -0.15) is 0 Å². The zero-order valence-electron chi connectivity index (χ0n) is 16.7. The van der Waals surface area contributed by atoms with Crippen LogP contribution in [0.5, 0.6) is 0 Å². The Bertz CT molecular complexity index is 527. The van der Waals surface area contributed by atoms with Crippen molar-refractivity contribution in [2.24, 2.45) is 5.92 Å². The molecule has 3 rings (SSSR count). The standard InChI is InChI=1S/C21H37N3OS/c1-18(2)7-11-24-13-12-23(15-19(24)8-14-25)17-21-6-5-20(26-21)16-22-9-3-4-10-22/h5-6,18-19,25H,3-4,7-17H2,1-2H3. The van der Waals surface area contributed by atoms with Crippen molar-refractivity contribution in [3.63, 3.8) is 0 Å². The summed E-state index contributed by atoms with van der Waals surface area (Å²) in [5, 5.41) is 9.48. The number of nitrogens with zero attached hydrogens (tertiary/aromatic N) is 3. The predicted octanol–water partition coefficient (Wildman–Crippen LogP) is 3.26. The molecule has 4 nitrogen and oxygen atoms in total. The molecule has 1 N–H and O–H groups in total. The number of piperazine rings is 1. The Morgan fingerprint density at radius 2 is 1.73 bits per heavy atom. The van der Waals surface area contributed by atoms with Gasteiger partial charge in [0.25, 0.3) is 0 Å². The van der Waals surface area contributed by atoms with Gasteiger partial charge in [0.05, 0.1) is 0 Å². The maximum Gasteiger partial charge on any atom is 0.0446 e. The topological polar surface area (TPSA) is 30.0 Å². The Labute approximate surface area is 163 Å². The molecule has 0 bridgehead atoms. The van der Waals surface area contributed by atoms with Crippen molar-refractivity contribution in [3.8, 4) is 0 Å². The number of aliphatic hydroxyl groups is 1. The lowest BCUT2D eigenvalue weighted by atomic mass is 10.1. The van der Waals surface area contributed by atoms with Crippen molar-refractivity contribution < 1.29 is 5.11 Å². The number of thiophene rings is 1. The first-order chi connectivity index (χ1) is 12.6. The van der Waals surface area contributed by atoms with Gasteiger partial charge in [-0.25, -0.2) is 0 Å². The molecule has 0 aromatic carbocycles. The van der Waals surface area contributed by atoms with Crippen LogP contribution in [0.1, 0.15) is 49.3 Å². The van der Waals surface area contributed by atoms with E-state index >= 15 is 0 Å². The SMILES string of the molecule is CC(C)CCN1CCN(Cc2ccc(CN3CCCC3)s2)CC1CCO. The van der Waals surface area contributed by atoms with Crippen molar-refractivity contribution >= 4 is 11.3 Å². The van der Waals surface area contributed by atoms with E-state index in [1.165, 1.54) is 48.7 Å². The van der Waals surface area contributed by atoms with Gasteiger partial charge in [-0.05, 0) is 63.4 Å². The average Bonchev–Trinajstić information content (AvgIpc) is 3.27. The molecule has 1 unspecified atom stereocenters. The van der Waals surface area contributed by atoms with E-state index in [-0.39, 0.29) is 0 Å². The van der Waals surface area contributed by atoms with Crippen molar-refractivity contribution in [1.29, 1.82) is 0 Å². The summed E-state index contributed by atoms with van der Waals surface area (Å²) in [7, 11) is 0. The van der Waals surface area contributed by atoms with Crippen molar-refractivity contribution in [2.75, 3.05) is 45.9 Å². The predicted molar refractivity (Wildman–Crippen MR) is 111 cm³/mol. The number of hydrogen-bond donors (Lipinski definition) is 1. The molecule has 148 valence electrons. The van der Waals surface area contributed by atoms with E-state index in [0.29, 0.717) is 12.6 Å². The van der Waals surface area contributed by atoms with Crippen molar-refractivity contribution in [2.45, 2.75) is 58.7 Å². The first-order valence-electron chi connectivity index (χ1n) is 10.5. The van der Waals surface area contributed by atoms with Crippen molar-refractivity contribution in [3.05, 3.63) is 21.9 Å². The zero-order valence-corrected chi connectivity index (χ0v) is 17.5. The van der Waals surface area contributed by atoms with E-state index in [0.717, 1.165) is 45.1 Å². The molecular formula is C21H37N3OS. The highest BCUT2D eigenvalue weighted by Gasteiger charge is 2.26. The van der Waals surface area contributed by atoms with Crippen LogP contribution in [-0.4, -0.2) is 71.7 Å². The summed E-state index contributed by atoms with van der Waals surface area (Å²) in [6.07, 6.45) is 4.89. The molecule has 2 aliphatic rings. The van der Waals surface area contributed by atoms with Crippen LogP contribution < -0.4 is 0 Å². The van der Waals surface area contributed by atoms with Crippen LogP contribution in [0.25, 0.3) is 0 Å². The van der Waals surface area contributed by atoms with E-state index in [9.17, 15) is 5.11 Å². The molecule has 0 aliphatic carbocycles. The third-order valence-corrected chi connectivity index (χ3v) is 6.87. The molecule has 5 heteroatoms. The van der Waals surface area contributed by atoms with Gasteiger partial charge in [0.1, 0.15) is 0 Å². The Kier molecular flexibility index (Phi) is 7.94. The number of rotatable bonds is 9.